The molecule has 3 aromatic rings. The Morgan fingerprint density at radius 3 is 2.40 bits per heavy atom. The van der Waals surface area contributed by atoms with E-state index in [1.165, 1.54) is 12.3 Å². The Morgan fingerprint density at radius 2 is 1.66 bits per heavy atom. The highest BCUT2D eigenvalue weighted by Crippen LogP contribution is 2.34. The number of fused-ring (bicyclic) bond motifs is 1. The van der Waals surface area contributed by atoms with Gasteiger partial charge in [0.2, 0.25) is 0 Å². The number of benzene rings is 1. The first-order chi connectivity index (χ1) is 17.0. The fourth-order valence-corrected chi connectivity index (χ4v) is 4.18. The third kappa shape index (κ3) is 5.63. The average Bonchev–Trinajstić information content (AvgIpc) is 2.89. The first-order valence-corrected chi connectivity index (χ1v) is 11.6. The molecule has 2 fully saturated rings. The Bertz CT molecular complexity index is 1160. The van der Waals surface area contributed by atoms with Crippen molar-refractivity contribution in [2.24, 2.45) is 0 Å². The van der Waals surface area contributed by atoms with Crippen molar-refractivity contribution >= 4 is 16.9 Å². The third-order valence-electron chi connectivity index (χ3n) is 6.09. The summed E-state index contributed by atoms with van der Waals surface area (Å²) in [4.78, 5) is 17.9. The monoisotopic (exact) mass is 489 g/mol. The Balaban J connectivity index is 1.45. The lowest BCUT2D eigenvalue weighted by Gasteiger charge is -2.29. The van der Waals surface area contributed by atoms with Crippen LogP contribution >= 0.6 is 0 Å². The third-order valence-corrected chi connectivity index (χ3v) is 6.09. The largest absolute Gasteiger partial charge is 0.462 e. The first kappa shape index (κ1) is 23.7. The second kappa shape index (κ2) is 10.3. The topological polar surface area (TPSA) is 72.8 Å². The van der Waals surface area contributed by atoms with E-state index in [0.717, 1.165) is 31.8 Å². The Hall–Kier alpha value is -3.02. The molecular formula is C24H26F3N5O3. The standard InChI is InChI=1S/C24H26F3N5O3/c25-24(26,27)19-3-1-2-17(14-19)18-15-20-21(28-16-18)29-23(30-22(20)32-7-11-34-12-8-32)35-13-6-31-4-9-33-10-5-31/h1-3,14-16H,4-13H2. The number of ether oxygens (including phenoxy) is 3. The highest BCUT2D eigenvalue weighted by molar-refractivity contribution is 5.90. The number of pyridine rings is 1. The van der Waals surface area contributed by atoms with Gasteiger partial charge in [-0.25, -0.2) is 4.98 Å². The fraction of sp³-hybridized carbons (Fsp3) is 0.458. The molecule has 186 valence electrons. The minimum atomic E-state index is -4.42. The van der Waals surface area contributed by atoms with Gasteiger partial charge in [-0.3, -0.25) is 4.90 Å². The van der Waals surface area contributed by atoms with E-state index in [1.807, 2.05) is 0 Å². The van der Waals surface area contributed by atoms with Gasteiger partial charge in [0, 0.05) is 44.5 Å². The molecule has 2 aromatic heterocycles. The molecular weight excluding hydrogens is 463 g/mol. The van der Waals surface area contributed by atoms with Crippen molar-refractivity contribution in [2.75, 3.05) is 70.7 Å². The molecule has 0 N–H and O–H groups in total. The van der Waals surface area contributed by atoms with Gasteiger partial charge < -0.3 is 19.1 Å². The van der Waals surface area contributed by atoms with Crippen molar-refractivity contribution in [2.45, 2.75) is 6.18 Å². The lowest BCUT2D eigenvalue weighted by molar-refractivity contribution is -0.137. The highest BCUT2D eigenvalue weighted by atomic mass is 19.4. The quantitative estimate of drug-likeness (QED) is 0.523. The summed E-state index contributed by atoms with van der Waals surface area (Å²) < 4.78 is 56.4. The maximum absolute atomic E-state index is 13.2. The predicted molar refractivity (Wildman–Crippen MR) is 124 cm³/mol. The molecule has 0 aliphatic carbocycles. The van der Waals surface area contributed by atoms with Crippen LogP contribution in [-0.4, -0.2) is 85.6 Å². The van der Waals surface area contributed by atoms with Crippen LogP contribution in [0.3, 0.4) is 0 Å². The van der Waals surface area contributed by atoms with Crippen molar-refractivity contribution in [1.82, 2.24) is 19.9 Å². The summed E-state index contributed by atoms with van der Waals surface area (Å²) in [6.07, 6.45) is -2.89. The summed E-state index contributed by atoms with van der Waals surface area (Å²) in [6, 6.07) is 7.23. The summed E-state index contributed by atoms with van der Waals surface area (Å²) in [7, 11) is 0. The molecule has 0 amide bonds. The summed E-state index contributed by atoms with van der Waals surface area (Å²) >= 11 is 0. The second-order valence-corrected chi connectivity index (χ2v) is 8.41. The van der Waals surface area contributed by atoms with Gasteiger partial charge >= 0.3 is 12.2 Å². The predicted octanol–water partition coefficient (Wildman–Crippen LogP) is 3.26. The van der Waals surface area contributed by atoms with Gasteiger partial charge in [-0.15, -0.1) is 0 Å². The van der Waals surface area contributed by atoms with Crippen LogP contribution in [0.2, 0.25) is 0 Å². The summed E-state index contributed by atoms with van der Waals surface area (Å²) in [6.45, 7) is 6.69. The molecule has 8 nitrogen and oxygen atoms in total. The zero-order chi connectivity index (χ0) is 24.3. The molecule has 35 heavy (non-hydrogen) atoms. The van der Waals surface area contributed by atoms with Gasteiger partial charge in [0.05, 0.1) is 37.4 Å². The lowest BCUT2D eigenvalue weighted by Crippen LogP contribution is -2.39. The van der Waals surface area contributed by atoms with Gasteiger partial charge in [-0.2, -0.15) is 23.1 Å². The van der Waals surface area contributed by atoms with Crippen molar-refractivity contribution in [3.63, 3.8) is 0 Å². The van der Waals surface area contributed by atoms with Crippen LogP contribution in [-0.2, 0) is 15.7 Å². The number of morpholine rings is 2. The lowest BCUT2D eigenvalue weighted by atomic mass is 10.0. The van der Waals surface area contributed by atoms with Gasteiger partial charge in [-0.05, 0) is 23.8 Å². The molecule has 0 radical (unpaired) electrons. The van der Waals surface area contributed by atoms with E-state index in [1.54, 1.807) is 12.1 Å². The molecule has 11 heteroatoms. The normalized spacial score (nSPS) is 17.6. The number of rotatable bonds is 6. The Morgan fingerprint density at radius 1 is 0.914 bits per heavy atom. The number of aromatic nitrogens is 3. The minimum Gasteiger partial charge on any atom is -0.462 e. The van der Waals surface area contributed by atoms with Crippen molar-refractivity contribution in [3.05, 3.63) is 42.1 Å². The molecule has 0 atom stereocenters. The van der Waals surface area contributed by atoms with Gasteiger partial charge in [0.25, 0.3) is 0 Å². The molecule has 0 saturated carbocycles. The first-order valence-electron chi connectivity index (χ1n) is 11.6. The summed E-state index contributed by atoms with van der Waals surface area (Å²) in [5.74, 6) is 0.640. The maximum atomic E-state index is 13.2. The number of hydrogen-bond acceptors (Lipinski definition) is 8. The molecule has 2 aliphatic rings. The number of nitrogens with zero attached hydrogens (tertiary/aromatic N) is 5. The van der Waals surface area contributed by atoms with Crippen molar-refractivity contribution in [3.8, 4) is 17.1 Å². The SMILES string of the molecule is FC(F)(F)c1cccc(-c2cnc3nc(OCCN4CCOCC4)nc(N4CCOCC4)c3c2)c1. The molecule has 0 unspecified atom stereocenters. The van der Waals surface area contributed by atoms with Crippen LogP contribution in [0.4, 0.5) is 19.0 Å². The van der Waals surface area contributed by atoms with E-state index < -0.39 is 11.7 Å². The number of hydrogen-bond donors (Lipinski definition) is 0. The van der Waals surface area contributed by atoms with Crippen molar-refractivity contribution in [1.29, 1.82) is 0 Å². The molecule has 2 saturated heterocycles. The van der Waals surface area contributed by atoms with Gasteiger partial charge in [-0.1, -0.05) is 12.1 Å². The molecule has 4 heterocycles. The zero-order valence-electron chi connectivity index (χ0n) is 19.1. The summed E-state index contributed by atoms with van der Waals surface area (Å²) in [5.41, 5.74) is 0.707. The average molecular weight is 489 g/mol. The van der Waals surface area contributed by atoms with E-state index in [-0.39, 0.29) is 6.01 Å². The van der Waals surface area contributed by atoms with E-state index in [9.17, 15) is 13.2 Å². The molecule has 2 aliphatic heterocycles. The molecule has 0 spiro atoms. The summed E-state index contributed by atoms with van der Waals surface area (Å²) in [5, 5.41) is 0.655. The molecule has 0 bridgehead atoms. The fourth-order valence-electron chi connectivity index (χ4n) is 4.18. The number of alkyl halides is 3. The Kier molecular flexibility index (Phi) is 6.98. The van der Waals surface area contributed by atoms with Crippen LogP contribution in [0.25, 0.3) is 22.2 Å². The molecule has 5 rings (SSSR count). The van der Waals surface area contributed by atoms with Crippen LogP contribution in [0.15, 0.2) is 36.5 Å². The van der Waals surface area contributed by atoms with E-state index >= 15 is 0 Å². The van der Waals surface area contributed by atoms with Crippen molar-refractivity contribution < 1.29 is 27.4 Å². The van der Waals surface area contributed by atoms with Crippen LogP contribution < -0.4 is 9.64 Å². The second-order valence-electron chi connectivity index (χ2n) is 8.41. The van der Waals surface area contributed by atoms with Crippen LogP contribution in [0.1, 0.15) is 5.56 Å². The van der Waals surface area contributed by atoms with Gasteiger partial charge in [0.1, 0.15) is 12.4 Å². The van der Waals surface area contributed by atoms with Gasteiger partial charge in [0.15, 0.2) is 5.65 Å². The highest BCUT2D eigenvalue weighted by Gasteiger charge is 2.30. The van der Waals surface area contributed by atoms with E-state index in [0.29, 0.717) is 74.1 Å². The van der Waals surface area contributed by atoms with E-state index in [2.05, 4.69) is 24.8 Å². The Labute approximate surface area is 200 Å². The van der Waals surface area contributed by atoms with E-state index in [4.69, 9.17) is 14.2 Å². The number of halogens is 3. The minimum absolute atomic E-state index is 0.228. The van der Waals surface area contributed by atoms with Crippen LogP contribution in [0.5, 0.6) is 6.01 Å². The zero-order valence-corrected chi connectivity index (χ0v) is 19.1. The maximum Gasteiger partial charge on any atom is 0.416 e. The smallest absolute Gasteiger partial charge is 0.416 e. The molecule has 1 aromatic carbocycles. The van der Waals surface area contributed by atoms with Crippen LogP contribution in [0, 0.1) is 0 Å². The number of anilines is 1.